The van der Waals surface area contributed by atoms with Crippen LogP contribution in [-0.4, -0.2) is 15.7 Å². The van der Waals surface area contributed by atoms with Crippen LogP contribution in [0, 0.1) is 5.92 Å². The zero-order valence-electron chi connectivity index (χ0n) is 11.4. The van der Waals surface area contributed by atoms with Crippen molar-refractivity contribution in [1.82, 2.24) is 9.97 Å². The summed E-state index contributed by atoms with van der Waals surface area (Å²) >= 11 is 5.38. The standard InChI is InChI=1S/C14H21BrN2S/c1-14(2,3)13-16-11(15)8-12(17-13)18-9-10-6-4-5-7-10/h8,10H,4-7,9H2,1-3H3. The molecular formula is C14H21BrN2S. The second-order valence-electron chi connectivity index (χ2n) is 6.06. The second-order valence-corrected chi connectivity index (χ2v) is 7.92. The van der Waals surface area contributed by atoms with Crippen LogP contribution in [0.2, 0.25) is 0 Å². The fourth-order valence-corrected chi connectivity index (χ4v) is 3.81. The van der Waals surface area contributed by atoms with Crippen LogP contribution in [0.5, 0.6) is 0 Å². The van der Waals surface area contributed by atoms with Crippen LogP contribution in [0.3, 0.4) is 0 Å². The number of halogens is 1. The molecule has 0 amide bonds. The van der Waals surface area contributed by atoms with Crippen molar-refractivity contribution in [2.24, 2.45) is 5.92 Å². The average Bonchev–Trinajstić information content (AvgIpc) is 2.77. The Hall–Kier alpha value is -0.0900. The Morgan fingerprint density at radius 1 is 1.28 bits per heavy atom. The zero-order valence-corrected chi connectivity index (χ0v) is 13.8. The number of hydrogen-bond acceptors (Lipinski definition) is 3. The highest BCUT2D eigenvalue weighted by Gasteiger charge is 2.20. The fraction of sp³-hybridized carbons (Fsp3) is 0.714. The van der Waals surface area contributed by atoms with Crippen molar-refractivity contribution < 1.29 is 0 Å². The third kappa shape index (κ3) is 3.95. The van der Waals surface area contributed by atoms with Crippen molar-refractivity contribution >= 4 is 27.7 Å². The maximum atomic E-state index is 4.69. The molecule has 0 unspecified atom stereocenters. The van der Waals surface area contributed by atoms with Crippen LogP contribution >= 0.6 is 27.7 Å². The molecular weight excluding hydrogens is 308 g/mol. The minimum Gasteiger partial charge on any atom is -0.226 e. The smallest absolute Gasteiger partial charge is 0.136 e. The molecule has 0 aliphatic heterocycles. The molecule has 18 heavy (non-hydrogen) atoms. The lowest BCUT2D eigenvalue weighted by molar-refractivity contribution is 0.536. The first-order valence-electron chi connectivity index (χ1n) is 6.63. The van der Waals surface area contributed by atoms with Crippen LogP contribution in [0.1, 0.15) is 52.3 Å². The van der Waals surface area contributed by atoms with E-state index in [1.54, 1.807) is 0 Å². The summed E-state index contributed by atoms with van der Waals surface area (Å²) in [5.41, 5.74) is 0.00640. The zero-order chi connectivity index (χ0) is 13.2. The van der Waals surface area contributed by atoms with Crippen molar-refractivity contribution in [2.45, 2.75) is 56.9 Å². The lowest BCUT2D eigenvalue weighted by atomic mass is 9.96. The monoisotopic (exact) mass is 328 g/mol. The van der Waals surface area contributed by atoms with Gasteiger partial charge in [0.2, 0.25) is 0 Å². The number of thioether (sulfide) groups is 1. The number of aromatic nitrogens is 2. The summed E-state index contributed by atoms with van der Waals surface area (Å²) in [4.78, 5) is 9.16. The molecule has 0 bridgehead atoms. The molecule has 0 radical (unpaired) electrons. The summed E-state index contributed by atoms with van der Waals surface area (Å²) in [6.07, 6.45) is 5.61. The minimum atomic E-state index is 0.00640. The van der Waals surface area contributed by atoms with Gasteiger partial charge in [-0.2, -0.15) is 0 Å². The summed E-state index contributed by atoms with van der Waals surface area (Å²) < 4.78 is 0.899. The van der Waals surface area contributed by atoms with Crippen molar-refractivity contribution in [3.05, 3.63) is 16.5 Å². The van der Waals surface area contributed by atoms with Crippen molar-refractivity contribution in [3.8, 4) is 0 Å². The Balaban J connectivity index is 2.05. The highest BCUT2D eigenvalue weighted by Crippen LogP contribution is 2.31. The van der Waals surface area contributed by atoms with E-state index in [2.05, 4.69) is 46.7 Å². The summed E-state index contributed by atoms with van der Waals surface area (Å²) in [5, 5.41) is 1.11. The van der Waals surface area contributed by atoms with E-state index >= 15 is 0 Å². The molecule has 0 spiro atoms. The van der Waals surface area contributed by atoms with E-state index in [9.17, 15) is 0 Å². The SMILES string of the molecule is CC(C)(C)c1nc(Br)cc(SCC2CCCC2)n1. The number of rotatable bonds is 3. The molecule has 0 saturated heterocycles. The summed E-state index contributed by atoms with van der Waals surface area (Å²) in [6, 6.07) is 2.04. The number of hydrogen-bond donors (Lipinski definition) is 0. The molecule has 2 nitrogen and oxygen atoms in total. The lowest BCUT2D eigenvalue weighted by Crippen LogP contribution is -2.16. The van der Waals surface area contributed by atoms with E-state index in [4.69, 9.17) is 0 Å². The average molecular weight is 329 g/mol. The van der Waals surface area contributed by atoms with E-state index < -0.39 is 0 Å². The van der Waals surface area contributed by atoms with Crippen molar-refractivity contribution in [2.75, 3.05) is 5.75 Å². The van der Waals surface area contributed by atoms with Crippen molar-refractivity contribution in [1.29, 1.82) is 0 Å². The van der Waals surface area contributed by atoms with E-state index in [1.165, 1.54) is 31.4 Å². The molecule has 0 atom stereocenters. The Morgan fingerprint density at radius 2 is 1.94 bits per heavy atom. The number of nitrogens with zero attached hydrogens (tertiary/aromatic N) is 2. The van der Waals surface area contributed by atoms with Gasteiger partial charge in [-0.3, -0.25) is 0 Å². The third-order valence-electron chi connectivity index (χ3n) is 3.28. The van der Waals surface area contributed by atoms with Gasteiger partial charge in [-0.05, 0) is 34.7 Å². The second kappa shape index (κ2) is 5.91. The Kier molecular flexibility index (Phi) is 4.70. The molecule has 0 N–H and O–H groups in total. The van der Waals surface area contributed by atoms with Gasteiger partial charge in [-0.25, -0.2) is 9.97 Å². The van der Waals surface area contributed by atoms with Crippen molar-refractivity contribution in [3.63, 3.8) is 0 Å². The molecule has 2 rings (SSSR count). The molecule has 4 heteroatoms. The molecule has 0 aromatic carbocycles. The van der Waals surface area contributed by atoms with Crippen LogP contribution in [-0.2, 0) is 5.41 Å². The van der Waals surface area contributed by atoms with Crippen LogP contribution < -0.4 is 0 Å². The molecule has 1 aromatic heterocycles. The predicted molar refractivity (Wildman–Crippen MR) is 81.1 cm³/mol. The minimum absolute atomic E-state index is 0.00640. The van der Waals surface area contributed by atoms with E-state index in [0.29, 0.717) is 0 Å². The first-order chi connectivity index (χ1) is 8.45. The molecule has 100 valence electrons. The molecule has 1 aliphatic carbocycles. The molecule has 1 aromatic rings. The van der Waals surface area contributed by atoms with Gasteiger partial charge in [0.05, 0.1) is 0 Å². The fourth-order valence-electron chi connectivity index (χ4n) is 2.19. The third-order valence-corrected chi connectivity index (χ3v) is 4.83. The normalized spacial score (nSPS) is 17.3. The van der Waals surface area contributed by atoms with Gasteiger partial charge < -0.3 is 0 Å². The van der Waals surface area contributed by atoms with Gasteiger partial charge in [0, 0.05) is 17.2 Å². The largest absolute Gasteiger partial charge is 0.226 e. The van der Waals surface area contributed by atoms with E-state index in [-0.39, 0.29) is 5.41 Å². The quantitative estimate of drug-likeness (QED) is 0.587. The molecule has 1 heterocycles. The van der Waals surface area contributed by atoms with E-state index in [0.717, 1.165) is 21.4 Å². The van der Waals surface area contributed by atoms with Gasteiger partial charge in [0.1, 0.15) is 15.5 Å². The van der Waals surface area contributed by atoms with Gasteiger partial charge in [0.15, 0.2) is 0 Å². The Labute approximate surface area is 123 Å². The Bertz CT molecular complexity index is 409. The first-order valence-corrected chi connectivity index (χ1v) is 8.41. The van der Waals surface area contributed by atoms with Gasteiger partial charge in [-0.1, -0.05) is 33.6 Å². The maximum absolute atomic E-state index is 4.69. The van der Waals surface area contributed by atoms with E-state index in [1.807, 2.05) is 17.8 Å². The first kappa shape index (κ1) is 14.3. The Morgan fingerprint density at radius 3 is 2.56 bits per heavy atom. The highest BCUT2D eigenvalue weighted by molar-refractivity contribution is 9.10. The molecule has 1 fully saturated rings. The summed E-state index contributed by atoms with van der Waals surface area (Å²) in [6.45, 7) is 6.46. The highest BCUT2D eigenvalue weighted by atomic mass is 79.9. The van der Waals surface area contributed by atoms with Gasteiger partial charge in [-0.15, -0.1) is 11.8 Å². The molecule has 1 saturated carbocycles. The van der Waals surface area contributed by atoms with Crippen LogP contribution in [0.25, 0.3) is 0 Å². The molecule has 1 aliphatic rings. The van der Waals surface area contributed by atoms with Crippen LogP contribution in [0.4, 0.5) is 0 Å². The maximum Gasteiger partial charge on any atom is 0.136 e. The van der Waals surface area contributed by atoms with Gasteiger partial charge in [0.25, 0.3) is 0 Å². The summed E-state index contributed by atoms with van der Waals surface area (Å²) in [7, 11) is 0. The topological polar surface area (TPSA) is 25.8 Å². The predicted octanol–water partition coefficient (Wildman–Crippen LogP) is 4.82. The lowest BCUT2D eigenvalue weighted by Gasteiger charge is -2.17. The summed E-state index contributed by atoms with van der Waals surface area (Å²) in [5.74, 6) is 3.01. The van der Waals surface area contributed by atoms with Crippen LogP contribution in [0.15, 0.2) is 15.7 Å². The van der Waals surface area contributed by atoms with Gasteiger partial charge >= 0.3 is 0 Å².